The van der Waals surface area contributed by atoms with Crippen LogP contribution in [0, 0.1) is 0 Å². The van der Waals surface area contributed by atoms with Crippen LogP contribution in [0.3, 0.4) is 0 Å². The molecule has 0 radical (unpaired) electrons. The molecule has 2 aromatic rings. The molecule has 0 spiro atoms. The Morgan fingerprint density at radius 1 is 1.06 bits per heavy atom. The van der Waals surface area contributed by atoms with E-state index in [1.807, 2.05) is 38.1 Å². The van der Waals surface area contributed by atoms with E-state index in [-0.39, 0.29) is 25.6 Å². The molecule has 35 heavy (non-hydrogen) atoms. The Kier molecular flexibility index (Phi) is 11.9. The predicted octanol–water partition coefficient (Wildman–Crippen LogP) is 5.13. The Bertz CT molecular complexity index is 998. The van der Waals surface area contributed by atoms with Crippen LogP contribution in [0.15, 0.2) is 42.5 Å². The summed E-state index contributed by atoms with van der Waals surface area (Å²) >= 11 is 6.18. The number of carbonyl (C=O) groups excluding carboxylic acids is 2. The minimum absolute atomic E-state index is 0.122. The highest BCUT2D eigenvalue weighted by molar-refractivity contribution is 6.31. The molecule has 0 saturated carbocycles. The normalized spacial score (nSPS) is 10.5. The van der Waals surface area contributed by atoms with Crippen molar-refractivity contribution in [2.75, 3.05) is 26.3 Å². The number of aliphatic carboxylic acids is 1. The molecule has 0 saturated heterocycles. The summed E-state index contributed by atoms with van der Waals surface area (Å²) in [5.41, 5.74) is 2.12. The number of hydrogen-bond donors (Lipinski definition) is 2. The average molecular weight is 505 g/mol. The maximum atomic E-state index is 12.7. The minimum atomic E-state index is -1.09. The zero-order valence-corrected chi connectivity index (χ0v) is 21.0. The SMILES string of the molecule is CCCCNC(=O)CN(Cc1cccc(-c2cc(Cl)ccc2OCC(=O)O)c1)C(=O)OCCCC. The van der Waals surface area contributed by atoms with Crippen LogP contribution >= 0.6 is 11.6 Å². The third kappa shape index (κ3) is 9.86. The van der Waals surface area contributed by atoms with Gasteiger partial charge in [-0.05, 0) is 48.2 Å². The number of hydrogen-bond acceptors (Lipinski definition) is 5. The quantitative estimate of drug-likeness (QED) is 0.346. The van der Waals surface area contributed by atoms with Crippen LogP contribution in [0.5, 0.6) is 5.75 Å². The lowest BCUT2D eigenvalue weighted by Crippen LogP contribution is -2.41. The number of nitrogens with one attached hydrogen (secondary N) is 1. The highest BCUT2D eigenvalue weighted by atomic mass is 35.5. The summed E-state index contributed by atoms with van der Waals surface area (Å²) in [7, 11) is 0. The number of benzene rings is 2. The van der Waals surface area contributed by atoms with Gasteiger partial charge < -0.3 is 19.9 Å². The summed E-state index contributed by atoms with van der Waals surface area (Å²) in [6.07, 6.45) is 2.89. The smallest absolute Gasteiger partial charge is 0.410 e. The highest BCUT2D eigenvalue weighted by Crippen LogP contribution is 2.33. The van der Waals surface area contributed by atoms with E-state index in [0.29, 0.717) is 22.9 Å². The predicted molar refractivity (Wildman–Crippen MR) is 135 cm³/mol. The van der Waals surface area contributed by atoms with Gasteiger partial charge in [-0.2, -0.15) is 0 Å². The van der Waals surface area contributed by atoms with Crippen molar-refractivity contribution in [3.05, 3.63) is 53.1 Å². The van der Waals surface area contributed by atoms with E-state index >= 15 is 0 Å². The average Bonchev–Trinajstić information content (AvgIpc) is 2.83. The first kappa shape index (κ1) is 28.0. The molecule has 8 nitrogen and oxygen atoms in total. The molecule has 0 aliphatic rings. The van der Waals surface area contributed by atoms with Gasteiger partial charge in [0.25, 0.3) is 0 Å². The summed E-state index contributed by atoms with van der Waals surface area (Å²) in [5.74, 6) is -0.963. The molecular weight excluding hydrogens is 472 g/mol. The second-order valence-corrected chi connectivity index (χ2v) is 8.49. The lowest BCUT2D eigenvalue weighted by atomic mass is 10.0. The van der Waals surface area contributed by atoms with Crippen molar-refractivity contribution in [2.45, 2.75) is 46.1 Å². The fourth-order valence-corrected chi connectivity index (χ4v) is 3.44. The zero-order valence-electron chi connectivity index (χ0n) is 20.2. The van der Waals surface area contributed by atoms with Crippen LogP contribution in [-0.2, 0) is 20.9 Å². The van der Waals surface area contributed by atoms with E-state index in [0.717, 1.165) is 36.8 Å². The molecule has 2 rings (SSSR count). The Hall–Kier alpha value is -3.26. The number of unbranched alkanes of at least 4 members (excludes halogenated alkanes) is 2. The standard InChI is InChI=1S/C26H33ClN2O6/c1-3-5-12-28-24(30)17-29(26(33)34-13-6-4-2)16-19-8-7-9-20(14-19)22-15-21(27)10-11-23(22)35-18-25(31)32/h7-11,14-15H,3-6,12-13,16-18H2,1-2H3,(H,28,30)(H,31,32). The van der Waals surface area contributed by atoms with Crippen LogP contribution < -0.4 is 10.1 Å². The van der Waals surface area contributed by atoms with Gasteiger partial charge in [0.2, 0.25) is 5.91 Å². The lowest BCUT2D eigenvalue weighted by Gasteiger charge is -2.22. The van der Waals surface area contributed by atoms with E-state index in [1.54, 1.807) is 18.2 Å². The number of carboxylic acids is 1. The third-order valence-corrected chi connectivity index (χ3v) is 5.31. The van der Waals surface area contributed by atoms with Crippen molar-refractivity contribution in [1.29, 1.82) is 0 Å². The van der Waals surface area contributed by atoms with Gasteiger partial charge in [-0.15, -0.1) is 0 Å². The number of carboxylic acid groups (broad SMARTS) is 1. The number of ether oxygens (including phenoxy) is 2. The molecule has 0 aliphatic heterocycles. The van der Waals surface area contributed by atoms with Crippen LogP contribution in [0.1, 0.15) is 45.1 Å². The van der Waals surface area contributed by atoms with Gasteiger partial charge in [-0.1, -0.05) is 56.5 Å². The molecule has 0 unspecified atom stereocenters. The summed E-state index contributed by atoms with van der Waals surface area (Å²) in [6, 6.07) is 12.3. The number of rotatable bonds is 14. The van der Waals surface area contributed by atoms with E-state index in [1.165, 1.54) is 4.90 Å². The fraction of sp³-hybridized carbons (Fsp3) is 0.423. The summed E-state index contributed by atoms with van der Waals surface area (Å²) in [6.45, 7) is 4.43. The number of carbonyl (C=O) groups is 3. The molecular formula is C26H33ClN2O6. The molecule has 0 atom stereocenters. The first-order valence-corrected chi connectivity index (χ1v) is 12.1. The van der Waals surface area contributed by atoms with Crippen LogP contribution in [0.25, 0.3) is 11.1 Å². The number of halogens is 1. The van der Waals surface area contributed by atoms with Crippen LogP contribution in [0.2, 0.25) is 5.02 Å². The van der Waals surface area contributed by atoms with Crippen molar-refractivity contribution < 1.29 is 29.0 Å². The first-order chi connectivity index (χ1) is 16.8. The highest BCUT2D eigenvalue weighted by Gasteiger charge is 2.19. The van der Waals surface area contributed by atoms with Crippen molar-refractivity contribution in [3.8, 4) is 16.9 Å². The minimum Gasteiger partial charge on any atom is -0.481 e. The van der Waals surface area contributed by atoms with Gasteiger partial charge in [0.15, 0.2) is 6.61 Å². The fourth-order valence-electron chi connectivity index (χ4n) is 3.26. The zero-order chi connectivity index (χ0) is 25.6. The number of amides is 2. The molecule has 0 aromatic heterocycles. The second kappa shape index (κ2) is 14.9. The molecule has 9 heteroatoms. The molecule has 0 bridgehead atoms. The molecule has 190 valence electrons. The molecule has 2 amide bonds. The van der Waals surface area contributed by atoms with Gasteiger partial charge in [-0.25, -0.2) is 9.59 Å². The molecule has 0 aliphatic carbocycles. The maximum absolute atomic E-state index is 12.7. The lowest BCUT2D eigenvalue weighted by molar-refractivity contribution is -0.139. The van der Waals surface area contributed by atoms with Gasteiger partial charge in [0, 0.05) is 23.7 Å². The van der Waals surface area contributed by atoms with Crippen molar-refractivity contribution >= 4 is 29.6 Å². The Morgan fingerprint density at radius 2 is 1.83 bits per heavy atom. The third-order valence-electron chi connectivity index (χ3n) is 5.07. The number of nitrogens with zero attached hydrogens (tertiary/aromatic N) is 1. The molecule has 2 N–H and O–H groups in total. The van der Waals surface area contributed by atoms with E-state index in [9.17, 15) is 14.4 Å². The van der Waals surface area contributed by atoms with Gasteiger partial charge in [0.1, 0.15) is 12.3 Å². The van der Waals surface area contributed by atoms with E-state index in [2.05, 4.69) is 5.32 Å². The summed E-state index contributed by atoms with van der Waals surface area (Å²) in [4.78, 5) is 37.5. The van der Waals surface area contributed by atoms with Crippen molar-refractivity contribution in [2.24, 2.45) is 0 Å². The second-order valence-electron chi connectivity index (χ2n) is 8.05. The molecule has 2 aromatic carbocycles. The topological polar surface area (TPSA) is 105 Å². The molecule has 0 heterocycles. The summed E-state index contributed by atoms with van der Waals surface area (Å²) < 4.78 is 10.8. The molecule has 0 fully saturated rings. The maximum Gasteiger partial charge on any atom is 0.410 e. The largest absolute Gasteiger partial charge is 0.481 e. The van der Waals surface area contributed by atoms with Crippen molar-refractivity contribution in [1.82, 2.24) is 10.2 Å². The summed E-state index contributed by atoms with van der Waals surface area (Å²) in [5, 5.41) is 12.3. The van der Waals surface area contributed by atoms with E-state index < -0.39 is 18.7 Å². The van der Waals surface area contributed by atoms with Crippen molar-refractivity contribution in [3.63, 3.8) is 0 Å². The van der Waals surface area contributed by atoms with E-state index in [4.69, 9.17) is 26.2 Å². The van der Waals surface area contributed by atoms with Crippen LogP contribution in [0.4, 0.5) is 4.79 Å². The Balaban J connectivity index is 2.24. The van der Waals surface area contributed by atoms with Gasteiger partial charge >= 0.3 is 12.1 Å². The first-order valence-electron chi connectivity index (χ1n) is 11.8. The van der Waals surface area contributed by atoms with Gasteiger partial charge in [-0.3, -0.25) is 9.69 Å². The Labute approximate surface area is 211 Å². The monoisotopic (exact) mass is 504 g/mol. The Morgan fingerprint density at radius 3 is 2.54 bits per heavy atom. The van der Waals surface area contributed by atoms with Crippen LogP contribution in [-0.4, -0.2) is 54.3 Å². The van der Waals surface area contributed by atoms with Gasteiger partial charge in [0.05, 0.1) is 6.61 Å².